The second-order valence-corrected chi connectivity index (χ2v) is 3.47. The lowest BCUT2D eigenvalue weighted by molar-refractivity contribution is -0.142. The van der Waals surface area contributed by atoms with Crippen LogP contribution in [0.3, 0.4) is 0 Å². The predicted octanol–water partition coefficient (Wildman–Crippen LogP) is 0.918. The molecule has 16 heavy (non-hydrogen) atoms. The number of rotatable bonds is 4. The van der Waals surface area contributed by atoms with E-state index >= 15 is 0 Å². The maximum Gasteiger partial charge on any atom is 0.326 e. The highest BCUT2D eigenvalue weighted by atomic mass is 16.5. The van der Waals surface area contributed by atoms with Gasteiger partial charge in [-0.25, -0.2) is 4.79 Å². The standard InChI is InChI=1S/C10H14N2O4/c1-4-8(10(14)15)12(3)9(13)7-5-11-16-6(7)2/h5,8H,4H2,1-3H3,(H,14,15). The number of carboxylic acid groups (broad SMARTS) is 1. The van der Waals surface area contributed by atoms with Gasteiger partial charge in [0.15, 0.2) is 0 Å². The van der Waals surface area contributed by atoms with Gasteiger partial charge in [0.05, 0.1) is 6.20 Å². The van der Waals surface area contributed by atoms with Crippen molar-refractivity contribution in [2.75, 3.05) is 7.05 Å². The third-order valence-electron chi connectivity index (χ3n) is 2.44. The van der Waals surface area contributed by atoms with Gasteiger partial charge in [0.25, 0.3) is 5.91 Å². The van der Waals surface area contributed by atoms with Crippen LogP contribution in [0.25, 0.3) is 0 Å². The van der Waals surface area contributed by atoms with Crippen LogP contribution in [-0.4, -0.2) is 40.1 Å². The normalized spacial score (nSPS) is 12.2. The van der Waals surface area contributed by atoms with Gasteiger partial charge in [-0.1, -0.05) is 12.1 Å². The van der Waals surface area contributed by atoms with Gasteiger partial charge in [0, 0.05) is 7.05 Å². The number of hydrogen-bond donors (Lipinski definition) is 1. The third-order valence-corrected chi connectivity index (χ3v) is 2.44. The number of carbonyl (C=O) groups is 2. The number of carboxylic acids is 1. The van der Waals surface area contributed by atoms with Crippen molar-refractivity contribution in [1.29, 1.82) is 0 Å². The maximum absolute atomic E-state index is 11.9. The van der Waals surface area contributed by atoms with E-state index in [1.807, 2.05) is 0 Å². The maximum atomic E-state index is 11.9. The quantitative estimate of drug-likeness (QED) is 0.825. The van der Waals surface area contributed by atoms with Crippen molar-refractivity contribution in [3.05, 3.63) is 17.5 Å². The Bertz CT molecular complexity index is 399. The highest BCUT2D eigenvalue weighted by Gasteiger charge is 2.27. The summed E-state index contributed by atoms with van der Waals surface area (Å²) in [6, 6.07) is -0.832. The molecule has 6 heteroatoms. The van der Waals surface area contributed by atoms with E-state index in [-0.39, 0.29) is 0 Å². The zero-order valence-electron chi connectivity index (χ0n) is 9.43. The molecule has 1 aromatic rings. The highest BCUT2D eigenvalue weighted by Crippen LogP contribution is 2.12. The third kappa shape index (κ3) is 2.21. The summed E-state index contributed by atoms with van der Waals surface area (Å²) >= 11 is 0. The molecule has 0 radical (unpaired) electrons. The number of aromatic nitrogens is 1. The molecule has 0 aliphatic heterocycles. The lowest BCUT2D eigenvalue weighted by Crippen LogP contribution is -2.42. The molecule has 1 aromatic heterocycles. The minimum absolute atomic E-state index is 0.294. The summed E-state index contributed by atoms with van der Waals surface area (Å²) in [6.07, 6.45) is 1.64. The Morgan fingerprint density at radius 1 is 1.62 bits per heavy atom. The first-order valence-corrected chi connectivity index (χ1v) is 4.90. The SMILES string of the molecule is CCC(C(=O)O)N(C)C(=O)c1cnoc1C. The van der Waals surface area contributed by atoms with Crippen LogP contribution in [-0.2, 0) is 4.79 Å². The van der Waals surface area contributed by atoms with Gasteiger partial charge in [0.2, 0.25) is 0 Å². The molecule has 0 bridgehead atoms. The predicted molar refractivity (Wildman–Crippen MR) is 55.0 cm³/mol. The van der Waals surface area contributed by atoms with E-state index in [0.717, 1.165) is 0 Å². The molecule has 1 N–H and O–H groups in total. The summed E-state index contributed by atoms with van der Waals surface area (Å²) < 4.78 is 4.76. The Hall–Kier alpha value is -1.85. The van der Waals surface area contributed by atoms with E-state index in [4.69, 9.17) is 9.63 Å². The molecule has 0 fully saturated rings. The van der Waals surface area contributed by atoms with Gasteiger partial charge in [-0.05, 0) is 13.3 Å². The summed E-state index contributed by atoms with van der Waals surface area (Å²) in [5, 5.41) is 12.4. The topological polar surface area (TPSA) is 83.6 Å². The average molecular weight is 226 g/mol. The summed E-state index contributed by atoms with van der Waals surface area (Å²) in [6.45, 7) is 3.32. The molecule has 0 aromatic carbocycles. The Labute approximate surface area is 92.8 Å². The largest absolute Gasteiger partial charge is 0.480 e. The van der Waals surface area contributed by atoms with Crippen molar-refractivity contribution in [2.24, 2.45) is 0 Å². The van der Waals surface area contributed by atoms with E-state index in [2.05, 4.69) is 5.16 Å². The molecular formula is C10H14N2O4. The molecule has 1 amide bonds. The van der Waals surface area contributed by atoms with E-state index in [1.165, 1.54) is 18.1 Å². The number of carbonyl (C=O) groups excluding carboxylic acids is 1. The minimum Gasteiger partial charge on any atom is -0.480 e. The molecule has 1 rings (SSSR count). The zero-order valence-corrected chi connectivity index (χ0v) is 9.43. The van der Waals surface area contributed by atoms with Gasteiger partial charge in [0.1, 0.15) is 17.4 Å². The molecule has 0 saturated heterocycles. The smallest absolute Gasteiger partial charge is 0.326 e. The molecule has 0 spiro atoms. The zero-order chi connectivity index (χ0) is 12.3. The molecule has 0 aliphatic rings. The number of amides is 1. The summed E-state index contributed by atoms with van der Waals surface area (Å²) in [4.78, 5) is 24.0. The molecule has 6 nitrogen and oxygen atoms in total. The van der Waals surface area contributed by atoms with Gasteiger partial charge in [-0.2, -0.15) is 0 Å². The number of hydrogen-bond acceptors (Lipinski definition) is 4. The first-order chi connectivity index (χ1) is 7.49. The fourth-order valence-electron chi connectivity index (χ4n) is 1.45. The fourth-order valence-corrected chi connectivity index (χ4v) is 1.45. The van der Waals surface area contributed by atoms with Crippen LogP contribution >= 0.6 is 0 Å². The monoisotopic (exact) mass is 226 g/mol. The lowest BCUT2D eigenvalue weighted by Gasteiger charge is -2.23. The first-order valence-electron chi connectivity index (χ1n) is 4.90. The summed E-state index contributed by atoms with van der Waals surface area (Å²) in [7, 11) is 1.46. The van der Waals surface area contributed by atoms with Crippen molar-refractivity contribution < 1.29 is 19.2 Å². The first kappa shape index (κ1) is 12.2. The summed E-state index contributed by atoms with van der Waals surface area (Å²) in [5.41, 5.74) is 0.294. The Balaban J connectivity index is 2.90. The van der Waals surface area contributed by atoms with Crippen LogP contribution in [0.15, 0.2) is 10.7 Å². The molecular weight excluding hydrogens is 212 g/mol. The molecule has 0 aliphatic carbocycles. The van der Waals surface area contributed by atoms with Gasteiger partial charge < -0.3 is 14.5 Å². The lowest BCUT2D eigenvalue weighted by atomic mass is 10.1. The Morgan fingerprint density at radius 3 is 2.62 bits per heavy atom. The number of likely N-dealkylation sites (N-methyl/N-ethyl adjacent to an activating group) is 1. The number of aryl methyl sites for hydroxylation is 1. The Morgan fingerprint density at radius 2 is 2.25 bits per heavy atom. The molecule has 1 unspecified atom stereocenters. The van der Waals surface area contributed by atoms with Crippen LogP contribution in [0.2, 0.25) is 0 Å². The number of nitrogens with zero attached hydrogens (tertiary/aromatic N) is 2. The second kappa shape index (κ2) is 4.78. The van der Waals surface area contributed by atoms with Crippen LogP contribution in [0.1, 0.15) is 29.5 Å². The van der Waals surface area contributed by atoms with Crippen LogP contribution in [0.4, 0.5) is 0 Å². The Kier molecular flexibility index (Phi) is 3.65. The molecule has 88 valence electrons. The molecule has 1 heterocycles. The number of aliphatic carboxylic acids is 1. The van der Waals surface area contributed by atoms with Crippen molar-refractivity contribution in [3.8, 4) is 0 Å². The van der Waals surface area contributed by atoms with Gasteiger partial charge >= 0.3 is 5.97 Å². The van der Waals surface area contributed by atoms with Crippen LogP contribution in [0.5, 0.6) is 0 Å². The van der Waals surface area contributed by atoms with Crippen LogP contribution < -0.4 is 0 Å². The second-order valence-electron chi connectivity index (χ2n) is 3.47. The fraction of sp³-hybridized carbons (Fsp3) is 0.500. The summed E-state index contributed by atoms with van der Waals surface area (Å²) in [5.74, 6) is -1.03. The van der Waals surface area contributed by atoms with Crippen LogP contribution in [0, 0.1) is 6.92 Å². The average Bonchev–Trinajstić information content (AvgIpc) is 2.63. The van der Waals surface area contributed by atoms with E-state index in [9.17, 15) is 9.59 Å². The minimum atomic E-state index is -1.02. The highest BCUT2D eigenvalue weighted by molar-refractivity contribution is 5.96. The van der Waals surface area contributed by atoms with Crippen molar-refractivity contribution >= 4 is 11.9 Å². The van der Waals surface area contributed by atoms with Crippen molar-refractivity contribution in [3.63, 3.8) is 0 Å². The van der Waals surface area contributed by atoms with E-state index in [0.29, 0.717) is 17.7 Å². The van der Waals surface area contributed by atoms with Gasteiger partial charge in [-0.3, -0.25) is 4.79 Å². The molecule has 1 atom stereocenters. The van der Waals surface area contributed by atoms with Crippen molar-refractivity contribution in [1.82, 2.24) is 10.1 Å². The van der Waals surface area contributed by atoms with Crippen molar-refractivity contribution in [2.45, 2.75) is 26.3 Å². The van der Waals surface area contributed by atoms with Gasteiger partial charge in [-0.15, -0.1) is 0 Å². The van der Waals surface area contributed by atoms with E-state index in [1.54, 1.807) is 13.8 Å². The molecule has 0 saturated carbocycles. The van der Waals surface area contributed by atoms with E-state index < -0.39 is 17.9 Å².